The molecule has 2 heterocycles. The Morgan fingerprint density at radius 3 is 2.82 bits per heavy atom. The molecule has 0 radical (unpaired) electrons. The number of aromatic amines is 2. The highest BCUT2D eigenvalue weighted by Gasteiger charge is 2.10. The van der Waals surface area contributed by atoms with Crippen molar-refractivity contribution < 1.29 is 9.90 Å². The second-order valence-electron chi connectivity index (χ2n) is 3.26. The van der Waals surface area contributed by atoms with Crippen LogP contribution in [0, 0.1) is 0 Å². The van der Waals surface area contributed by atoms with Crippen LogP contribution in [0.15, 0.2) is 15.8 Å². The molecule has 0 saturated carbocycles. The Bertz CT molecular complexity index is 687. The van der Waals surface area contributed by atoms with Gasteiger partial charge in [0.25, 0.3) is 5.56 Å². The highest BCUT2D eigenvalue weighted by molar-refractivity contribution is 5.95. The van der Waals surface area contributed by atoms with E-state index in [1.54, 1.807) is 0 Å². The zero-order valence-electron chi connectivity index (χ0n) is 8.56. The van der Waals surface area contributed by atoms with Crippen LogP contribution in [0.4, 0.5) is 0 Å². The molecule has 8 heteroatoms. The van der Waals surface area contributed by atoms with Crippen LogP contribution in [-0.2, 0) is 0 Å². The van der Waals surface area contributed by atoms with Gasteiger partial charge < -0.3 is 5.11 Å². The van der Waals surface area contributed by atoms with Crippen molar-refractivity contribution >= 4 is 16.9 Å². The minimum absolute atomic E-state index is 0.0132. The zero-order valence-corrected chi connectivity index (χ0v) is 8.56. The van der Waals surface area contributed by atoms with Crippen LogP contribution in [0.3, 0.4) is 0 Å². The maximum Gasteiger partial charge on any atom is 0.327 e. The molecule has 0 bridgehead atoms. The SMILES string of the molecule is O=C(CCO)c1cnc2[nH]c(=O)[nH]c(=O)c2n1. The first-order chi connectivity index (χ1) is 8.11. The van der Waals surface area contributed by atoms with Gasteiger partial charge in [0.2, 0.25) is 0 Å². The summed E-state index contributed by atoms with van der Waals surface area (Å²) in [4.78, 5) is 45.6. The summed E-state index contributed by atoms with van der Waals surface area (Å²) in [5.41, 5.74) is -1.53. The first kappa shape index (κ1) is 11.1. The molecule has 2 rings (SSSR count). The summed E-state index contributed by atoms with van der Waals surface area (Å²) in [7, 11) is 0. The molecule has 2 aromatic heterocycles. The van der Waals surface area contributed by atoms with Crippen molar-refractivity contribution in [2.24, 2.45) is 0 Å². The average Bonchev–Trinajstić information content (AvgIpc) is 2.28. The normalized spacial score (nSPS) is 10.6. The highest BCUT2D eigenvalue weighted by Crippen LogP contribution is 2.02. The number of carbonyl (C=O) groups is 1. The lowest BCUT2D eigenvalue weighted by atomic mass is 10.2. The summed E-state index contributed by atoms with van der Waals surface area (Å²) in [5, 5.41) is 8.62. The van der Waals surface area contributed by atoms with Gasteiger partial charge in [0, 0.05) is 6.42 Å². The van der Waals surface area contributed by atoms with Gasteiger partial charge in [0.05, 0.1) is 12.8 Å². The number of nitrogens with zero attached hydrogens (tertiary/aromatic N) is 2. The third kappa shape index (κ3) is 2.11. The van der Waals surface area contributed by atoms with Crippen molar-refractivity contribution in [1.29, 1.82) is 0 Å². The van der Waals surface area contributed by atoms with Gasteiger partial charge in [0.15, 0.2) is 16.9 Å². The molecule has 0 aliphatic carbocycles. The molecular formula is C9H8N4O4. The fraction of sp³-hybridized carbons (Fsp3) is 0.222. The van der Waals surface area contributed by atoms with Crippen molar-refractivity contribution in [3.05, 3.63) is 32.7 Å². The lowest BCUT2D eigenvalue weighted by molar-refractivity contribution is 0.0952. The van der Waals surface area contributed by atoms with Gasteiger partial charge >= 0.3 is 5.69 Å². The fourth-order valence-electron chi connectivity index (χ4n) is 1.30. The van der Waals surface area contributed by atoms with E-state index in [1.165, 1.54) is 0 Å². The van der Waals surface area contributed by atoms with Crippen LogP contribution < -0.4 is 11.2 Å². The molecule has 17 heavy (non-hydrogen) atoms. The van der Waals surface area contributed by atoms with Crippen LogP contribution in [0.5, 0.6) is 0 Å². The van der Waals surface area contributed by atoms with Gasteiger partial charge in [-0.2, -0.15) is 0 Å². The minimum atomic E-state index is -0.713. The maximum absolute atomic E-state index is 11.4. The smallest absolute Gasteiger partial charge is 0.327 e. The summed E-state index contributed by atoms with van der Waals surface area (Å²) in [5.74, 6) is -0.424. The quantitative estimate of drug-likeness (QED) is 0.560. The summed E-state index contributed by atoms with van der Waals surface area (Å²) < 4.78 is 0. The van der Waals surface area contributed by atoms with Crippen molar-refractivity contribution in [1.82, 2.24) is 19.9 Å². The van der Waals surface area contributed by atoms with Gasteiger partial charge in [-0.3, -0.25) is 19.6 Å². The maximum atomic E-state index is 11.4. The number of hydrogen-bond acceptors (Lipinski definition) is 6. The number of ketones is 1. The van der Waals surface area contributed by atoms with Gasteiger partial charge in [-0.15, -0.1) is 0 Å². The summed E-state index contributed by atoms with van der Waals surface area (Å²) in [6.45, 7) is -0.305. The third-order valence-electron chi connectivity index (χ3n) is 2.07. The van der Waals surface area contributed by atoms with Crippen molar-refractivity contribution in [3.8, 4) is 0 Å². The van der Waals surface area contributed by atoms with Crippen molar-refractivity contribution in [2.45, 2.75) is 6.42 Å². The molecule has 0 atom stereocenters. The molecule has 0 fully saturated rings. The molecule has 0 saturated heterocycles. The first-order valence-corrected chi connectivity index (χ1v) is 4.75. The second kappa shape index (κ2) is 4.26. The van der Waals surface area contributed by atoms with Gasteiger partial charge in [0.1, 0.15) is 5.69 Å². The summed E-state index contributed by atoms with van der Waals surface area (Å²) in [6, 6.07) is 0. The topological polar surface area (TPSA) is 129 Å². The van der Waals surface area contributed by atoms with Crippen LogP contribution >= 0.6 is 0 Å². The standard InChI is InChI=1S/C9H8N4O4/c14-2-1-5(15)4-3-10-7-6(11-4)8(16)13-9(17)12-7/h3,14H,1-2H2,(H2,10,12,13,16,17). The number of Topliss-reactive ketones (excluding diaryl/α,β-unsaturated/α-hetero) is 1. The molecule has 0 aliphatic heterocycles. The predicted molar refractivity (Wildman–Crippen MR) is 56.8 cm³/mol. The van der Waals surface area contributed by atoms with Crippen LogP contribution in [0.2, 0.25) is 0 Å². The first-order valence-electron chi connectivity index (χ1n) is 4.75. The fourth-order valence-corrected chi connectivity index (χ4v) is 1.30. The van der Waals surface area contributed by atoms with Gasteiger partial charge in [-0.05, 0) is 0 Å². The van der Waals surface area contributed by atoms with E-state index in [0.29, 0.717) is 0 Å². The van der Waals surface area contributed by atoms with Gasteiger partial charge in [-0.1, -0.05) is 0 Å². The number of rotatable bonds is 3. The number of aliphatic hydroxyl groups excluding tert-OH is 1. The van der Waals surface area contributed by atoms with Gasteiger partial charge in [-0.25, -0.2) is 14.8 Å². The Hall–Kier alpha value is -2.35. The van der Waals surface area contributed by atoms with Crippen LogP contribution in [0.1, 0.15) is 16.9 Å². The Morgan fingerprint density at radius 2 is 2.12 bits per heavy atom. The third-order valence-corrected chi connectivity index (χ3v) is 2.07. The Balaban J connectivity index is 2.62. The van der Waals surface area contributed by atoms with E-state index >= 15 is 0 Å². The molecule has 0 aliphatic rings. The largest absolute Gasteiger partial charge is 0.396 e. The molecule has 3 N–H and O–H groups in total. The summed E-state index contributed by atoms with van der Waals surface area (Å²) >= 11 is 0. The van der Waals surface area contributed by atoms with Crippen LogP contribution in [0.25, 0.3) is 11.2 Å². The number of aromatic nitrogens is 4. The van der Waals surface area contributed by atoms with E-state index in [9.17, 15) is 14.4 Å². The molecule has 0 amide bonds. The molecular weight excluding hydrogens is 228 g/mol. The van der Waals surface area contributed by atoms with E-state index in [2.05, 4.69) is 15.0 Å². The number of hydrogen-bond donors (Lipinski definition) is 3. The highest BCUT2D eigenvalue weighted by atomic mass is 16.3. The number of fused-ring (bicyclic) bond motifs is 1. The van der Waals surface area contributed by atoms with E-state index < -0.39 is 17.0 Å². The van der Waals surface area contributed by atoms with E-state index in [0.717, 1.165) is 6.20 Å². The number of aliphatic hydroxyl groups is 1. The van der Waals surface area contributed by atoms with E-state index in [-0.39, 0.29) is 29.9 Å². The van der Waals surface area contributed by atoms with Crippen molar-refractivity contribution in [3.63, 3.8) is 0 Å². The van der Waals surface area contributed by atoms with E-state index in [4.69, 9.17) is 5.11 Å². The monoisotopic (exact) mass is 236 g/mol. The molecule has 88 valence electrons. The summed E-state index contributed by atoms with van der Waals surface area (Å²) in [6.07, 6.45) is 1.05. The molecule has 0 aromatic carbocycles. The molecule has 0 unspecified atom stereocenters. The molecule has 8 nitrogen and oxygen atoms in total. The number of carbonyl (C=O) groups excluding carboxylic acids is 1. The lowest BCUT2D eigenvalue weighted by Gasteiger charge is -1.99. The second-order valence-corrected chi connectivity index (χ2v) is 3.26. The predicted octanol–water partition coefficient (Wildman–Crippen LogP) is -1.43. The van der Waals surface area contributed by atoms with Crippen molar-refractivity contribution in [2.75, 3.05) is 6.61 Å². The number of nitrogens with one attached hydrogen (secondary N) is 2. The Kier molecular flexibility index (Phi) is 2.79. The van der Waals surface area contributed by atoms with Crippen LogP contribution in [-0.4, -0.2) is 37.4 Å². The molecule has 2 aromatic rings. The Morgan fingerprint density at radius 1 is 1.35 bits per heavy atom. The number of H-pyrrole nitrogens is 2. The lowest BCUT2D eigenvalue weighted by Crippen LogP contribution is -2.24. The minimum Gasteiger partial charge on any atom is -0.396 e. The zero-order chi connectivity index (χ0) is 12.4. The average molecular weight is 236 g/mol. The Labute approximate surface area is 93.4 Å². The van der Waals surface area contributed by atoms with E-state index in [1.807, 2.05) is 4.98 Å². The molecule has 0 spiro atoms.